The Morgan fingerprint density at radius 2 is 1.94 bits per heavy atom. The molecule has 7 heteroatoms. The Kier molecular flexibility index (Phi) is 5.32. The molecule has 0 radical (unpaired) electrons. The summed E-state index contributed by atoms with van der Waals surface area (Å²) in [7, 11) is 0. The molecule has 7 nitrogen and oxygen atoms in total. The molecule has 3 aliphatic rings. The van der Waals surface area contributed by atoms with Crippen LogP contribution in [-0.4, -0.2) is 52.8 Å². The highest BCUT2D eigenvalue weighted by Gasteiger charge is 2.36. The number of pyridine rings is 1. The monoisotopic (exact) mass is 458 g/mol. The van der Waals surface area contributed by atoms with Crippen molar-refractivity contribution in [2.24, 2.45) is 5.92 Å². The fraction of sp³-hybridized carbons (Fsp3) is 0.519. The third kappa shape index (κ3) is 3.66. The van der Waals surface area contributed by atoms with Gasteiger partial charge in [-0.2, -0.15) is 4.98 Å². The average Bonchev–Trinajstić information content (AvgIpc) is 3.22. The van der Waals surface area contributed by atoms with Crippen LogP contribution in [0.1, 0.15) is 52.0 Å². The van der Waals surface area contributed by atoms with Crippen LogP contribution >= 0.6 is 0 Å². The minimum Gasteiger partial charge on any atom is -0.376 e. The highest BCUT2D eigenvalue weighted by atomic mass is 16.5. The van der Waals surface area contributed by atoms with E-state index in [1.165, 1.54) is 22.0 Å². The SMILES string of the molecule is CC(C)c1ccc(N2C[C@@H](C)[C@@H]2C)c2cnc(Nc3ccnc(N4CC[C@H]5C[C@@H]4CO5)n3)cc12. The van der Waals surface area contributed by atoms with Gasteiger partial charge in [0.15, 0.2) is 0 Å². The average molecular weight is 459 g/mol. The van der Waals surface area contributed by atoms with Crippen molar-refractivity contribution in [2.45, 2.75) is 64.6 Å². The molecule has 3 aromatic rings. The van der Waals surface area contributed by atoms with Gasteiger partial charge in [0.1, 0.15) is 11.6 Å². The van der Waals surface area contributed by atoms with Crippen LogP contribution in [-0.2, 0) is 4.74 Å². The van der Waals surface area contributed by atoms with E-state index in [1.807, 2.05) is 18.5 Å². The maximum Gasteiger partial charge on any atom is 0.227 e. The van der Waals surface area contributed by atoms with Crippen molar-refractivity contribution in [2.75, 3.05) is 34.8 Å². The van der Waals surface area contributed by atoms with Gasteiger partial charge in [-0.15, -0.1) is 0 Å². The molecule has 3 saturated heterocycles. The lowest BCUT2D eigenvalue weighted by atomic mass is 9.89. The second kappa shape index (κ2) is 8.38. The number of nitrogens with zero attached hydrogens (tertiary/aromatic N) is 5. The van der Waals surface area contributed by atoms with Crippen LogP contribution in [0.15, 0.2) is 36.7 Å². The minimum absolute atomic E-state index is 0.381. The van der Waals surface area contributed by atoms with Gasteiger partial charge in [-0.25, -0.2) is 9.97 Å². The van der Waals surface area contributed by atoms with Gasteiger partial charge in [-0.1, -0.05) is 26.8 Å². The van der Waals surface area contributed by atoms with Crippen LogP contribution in [0.5, 0.6) is 0 Å². The minimum atomic E-state index is 0.381. The predicted octanol–water partition coefficient (Wildman–Crippen LogP) is 5.10. The number of benzene rings is 1. The molecule has 0 aliphatic carbocycles. The maximum atomic E-state index is 5.85. The quantitative estimate of drug-likeness (QED) is 0.570. The van der Waals surface area contributed by atoms with Gasteiger partial charge in [0.25, 0.3) is 0 Å². The van der Waals surface area contributed by atoms with E-state index in [9.17, 15) is 0 Å². The molecular formula is C27H34N6O. The molecule has 0 amide bonds. The highest BCUT2D eigenvalue weighted by Crippen LogP contribution is 2.39. The molecule has 3 aliphatic heterocycles. The number of hydrogen-bond acceptors (Lipinski definition) is 7. The molecule has 34 heavy (non-hydrogen) atoms. The summed E-state index contributed by atoms with van der Waals surface area (Å²) in [6.45, 7) is 12.0. The first kappa shape index (κ1) is 21.6. The van der Waals surface area contributed by atoms with E-state index >= 15 is 0 Å². The zero-order valence-corrected chi connectivity index (χ0v) is 20.5. The van der Waals surface area contributed by atoms with Crippen LogP contribution in [0.4, 0.5) is 23.3 Å². The number of rotatable bonds is 5. The van der Waals surface area contributed by atoms with Gasteiger partial charge in [0.05, 0.1) is 18.8 Å². The van der Waals surface area contributed by atoms with Gasteiger partial charge in [-0.3, -0.25) is 0 Å². The molecule has 1 aromatic carbocycles. The van der Waals surface area contributed by atoms with Gasteiger partial charge in [0.2, 0.25) is 5.95 Å². The fourth-order valence-electron chi connectivity index (χ4n) is 5.71. The molecule has 2 bridgehead atoms. The Hall–Kier alpha value is -2.93. The normalized spacial score (nSPS) is 26.3. The predicted molar refractivity (Wildman–Crippen MR) is 137 cm³/mol. The number of fused-ring (bicyclic) bond motifs is 3. The van der Waals surface area contributed by atoms with Crippen LogP contribution in [0.25, 0.3) is 10.8 Å². The second-order valence-electron chi connectivity index (χ2n) is 10.5. The standard InChI is InChI=1S/C27H34N6O/c1-16(2)21-5-6-24(33-14-17(3)18(33)4)23-13-29-26(12-22(21)23)30-25-7-9-28-27(31-25)32-10-8-20-11-19(32)15-34-20/h5-7,9,12-13,16-20H,8,10-11,14-15H2,1-4H3,(H,28,29,30,31)/t17-,18+,19-,20+/m1/s1. The first-order valence-electron chi connectivity index (χ1n) is 12.7. The van der Waals surface area contributed by atoms with E-state index < -0.39 is 0 Å². The Balaban J connectivity index is 1.31. The number of piperidine rings is 1. The molecule has 178 valence electrons. The molecule has 2 aromatic heterocycles. The summed E-state index contributed by atoms with van der Waals surface area (Å²) in [5.74, 6) is 3.50. The summed E-state index contributed by atoms with van der Waals surface area (Å²) in [5.41, 5.74) is 2.63. The first-order chi connectivity index (χ1) is 16.5. The third-order valence-electron chi connectivity index (χ3n) is 7.99. The lowest BCUT2D eigenvalue weighted by molar-refractivity contribution is 0.111. The molecule has 1 N–H and O–H groups in total. The largest absolute Gasteiger partial charge is 0.376 e. The lowest BCUT2D eigenvalue weighted by Gasteiger charge is -2.47. The first-order valence-corrected chi connectivity index (χ1v) is 12.7. The summed E-state index contributed by atoms with van der Waals surface area (Å²) in [6, 6.07) is 9.60. The number of nitrogens with one attached hydrogen (secondary N) is 1. The summed E-state index contributed by atoms with van der Waals surface area (Å²) >= 11 is 0. The zero-order chi connectivity index (χ0) is 23.4. The fourth-order valence-corrected chi connectivity index (χ4v) is 5.71. The number of anilines is 4. The van der Waals surface area contributed by atoms with Crippen molar-refractivity contribution in [3.8, 4) is 0 Å². The van der Waals surface area contributed by atoms with Crippen molar-refractivity contribution in [1.29, 1.82) is 0 Å². The van der Waals surface area contributed by atoms with E-state index in [2.05, 4.69) is 66.0 Å². The van der Waals surface area contributed by atoms with E-state index in [0.29, 0.717) is 24.1 Å². The summed E-state index contributed by atoms with van der Waals surface area (Å²) < 4.78 is 5.85. The zero-order valence-electron chi connectivity index (χ0n) is 20.5. The Morgan fingerprint density at radius 1 is 1.06 bits per heavy atom. The van der Waals surface area contributed by atoms with E-state index in [1.54, 1.807) is 0 Å². The summed E-state index contributed by atoms with van der Waals surface area (Å²) in [6.07, 6.45) is 6.38. The Bertz CT molecular complexity index is 1210. The smallest absolute Gasteiger partial charge is 0.227 e. The van der Waals surface area contributed by atoms with Gasteiger partial charge in [-0.05, 0) is 60.7 Å². The lowest BCUT2D eigenvalue weighted by Crippen LogP contribution is -2.53. The molecule has 0 saturated carbocycles. The van der Waals surface area contributed by atoms with Crippen LogP contribution in [0.3, 0.4) is 0 Å². The number of hydrogen-bond donors (Lipinski definition) is 1. The van der Waals surface area contributed by atoms with Crippen LogP contribution < -0.4 is 15.1 Å². The second-order valence-corrected chi connectivity index (χ2v) is 10.5. The topological polar surface area (TPSA) is 66.4 Å². The van der Waals surface area contributed by atoms with Crippen LogP contribution in [0.2, 0.25) is 0 Å². The Labute approximate surface area is 201 Å². The van der Waals surface area contributed by atoms with Crippen molar-refractivity contribution < 1.29 is 4.74 Å². The Morgan fingerprint density at radius 3 is 2.74 bits per heavy atom. The number of aromatic nitrogens is 3. The van der Waals surface area contributed by atoms with Gasteiger partial charge < -0.3 is 19.9 Å². The molecular weight excluding hydrogens is 424 g/mol. The van der Waals surface area contributed by atoms with Crippen molar-refractivity contribution >= 4 is 34.0 Å². The van der Waals surface area contributed by atoms with Crippen molar-refractivity contribution in [3.63, 3.8) is 0 Å². The van der Waals surface area contributed by atoms with E-state index in [0.717, 1.165) is 56.0 Å². The summed E-state index contributed by atoms with van der Waals surface area (Å²) in [4.78, 5) is 19.0. The van der Waals surface area contributed by atoms with E-state index in [-0.39, 0.29) is 0 Å². The van der Waals surface area contributed by atoms with E-state index in [4.69, 9.17) is 14.7 Å². The maximum absolute atomic E-state index is 5.85. The van der Waals surface area contributed by atoms with Gasteiger partial charge >= 0.3 is 0 Å². The molecule has 3 fully saturated rings. The van der Waals surface area contributed by atoms with Crippen molar-refractivity contribution in [3.05, 3.63) is 42.2 Å². The highest BCUT2D eigenvalue weighted by molar-refractivity contribution is 5.98. The van der Waals surface area contributed by atoms with Crippen LogP contribution in [0, 0.1) is 5.92 Å². The molecule has 6 rings (SSSR count). The molecule has 0 spiro atoms. The molecule has 5 heterocycles. The van der Waals surface area contributed by atoms with Gasteiger partial charge in [0, 0.05) is 42.6 Å². The third-order valence-corrected chi connectivity index (χ3v) is 7.99. The summed E-state index contributed by atoms with van der Waals surface area (Å²) in [5, 5.41) is 5.93. The van der Waals surface area contributed by atoms with Crippen molar-refractivity contribution in [1.82, 2.24) is 15.0 Å². The molecule has 4 atom stereocenters. The number of ether oxygens (including phenoxy) is 1. The molecule has 0 unspecified atom stereocenters.